The van der Waals surface area contributed by atoms with Crippen molar-refractivity contribution in [3.63, 3.8) is 0 Å². The van der Waals surface area contributed by atoms with E-state index in [1.807, 2.05) is 0 Å². The molecule has 4 unspecified atom stereocenters. The van der Waals surface area contributed by atoms with Gasteiger partial charge >= 0.3 is 58.9 Å². The molecule has 0 radical (unpaired) electrons. The van der Waals surface area contributed by atoms with E-state index in [0.29, 0.717) is 8.95 Å². The zero-order valence-corrected chi connectivity index (χ0v) is 48.3. The van der Waals surface area contributed by atoms with Crippen molar-refractivity contribution in [2.45, 2.75) is 49.1 Å². The standard InChI is InChI=1S/2C17H19BrN5O15P3/c18-7-1-2-9(19)8(3-7)17(26)36-13-10(4-34-40(30,31)38-41(32,33)37-39(27,28)29)35-16(12(13)24)23-6-22-11-14(23)20-5-21-15(11)25;18-7-1-2-9(19)8(3-7)17(26)36-13-12(24)10(4-34-40(30,31)38-41(32,33)37-39(27,28)29)35-16(13)23-6-22-11-14(23)20-5-21-15(11)25/h2*1-3,5-6,10,12-13,16,24H,4,19H2,(H,30,31)(H,32,33)(H,20,21,25)(H2,27,28,29)/t2*10-,12-,13-,16-/m11/s1. The smallest absolute Gasteiger partial charge is 0.453 e. The molecular formula is C34H38Br2N10O30P6. The summed E-state index contributed by atoms with van der Waals surface area (Å²) in [5.41, 5.74) is 9.79. The predicted octanol–water partition coefficient (Wildman–Crippen LogP) is 0.583. The lowest BCUT2D eigenvalue weighted by atomic mass is 10.1. The molecule has 2 saturated heterocycles. The first-order valence-electron chi connectivity index (χ1n) is 21.5. The molecule has 40 nitrogen and oxygen atoms in total. The van der Waals surface area contributed by atoms with Crippen molar-refractivity contribution < 1.29 is 132 Å². The molecule has 8 rings (SSSR count). The number of nitrogens with zero attached hydrogens (tertiary/aromatic N) is 6. The fourth-order valence-corrected chi connectivity index (χ4v) is 14.0. The van der Waals surface area contributed by atoms with Gasteiger partial charge in [-0.25, -0.2) is 56.9 Å². The van der Waals surface area contributed by atoms with E-state index in [9.17, 15) is 76.4 Å². The highest BCUT2D eigenvalue weighted by molar-refractivity contribution is 9.10. The molecule has 2 aliphatic heterocycles. The van der Waals surface area contributed by atoms with Gasteiger partial charge < -0.3 is 89.7 Å². The number of rotatable bonds is 20. The Kier molecular flexibility index (Phi) is 19.8. The summed E-state index contributed by atoms with van der Waals surface area (Å²) in [5.74, 6) is -2.09. The van der Waals surface area contributed by atoms with E-state index in [-0.39, 0.29) is 44.8 Å². The third kappa shape index (κ3) is 16.4. The molecule has 0 spiro atoms. The maximum absolute atomic E-state index is 13.0. The number of H-pyrrole nitrogens is 2. The summed E-state index contributed by atoms with van der Waals surface area (Å²) in [5, 5.41) is 22.0. The van der Waals surface area contributed by atoms with E-state index in [1.54, 1.807) is 12.1 Å². The van der Waals surface area contributed by atoms with Crippen molar-refractivity contribution in [2.75, 3.05) is 24.7 Å². The molecular weight excluding hydrogens is 1370 g/mol. The molecule has 6 heterocycles. The van der Waals surface area contributed by atoms with Crippen LogP contribution in [0.5, 0.6) is 0 Å². The van der Waals surface area contributed by atoms with Gasteiger partial charge in [0.2, 0.25) is 0 Å². The number of aliphatic hydroxyl groups excluding tert-OH is 2. The van der Waals surface area contributed by atoms with Gasteiger partial charge in [0.05, 0.1) is 49.6 Å². The third-order valence-electron chi connectivity index (χ3n) is 10.5. The normalized spacial score (nSPS) is 24.1. The Bertz CT molecular complexity index is 3840. The third-order valence-corrected chi connectivity index (χ3v) is 19.1. The van der Waals surface area contributed by atoms with Crippen molar-refractivity contribution in [1.29, 1.82) is 0 Å². The van der Waals surface area contributed by atoms with E-state index < -0.39 is 132 Å². The topological polar surface area (TPSA) is 610 Å². The molecule has 48 heteroatoms. The van der Waals surface area contributed by atoms with Crippen LogP contribution in [0.4, 0.5) is 11.4 Å². The van der Waals surface area contributed by atoms with Crippen LogP contribution < -0.4 is 22.6 Å². The highest BCUT2D eigenvalue weighted by Gasteiger charge is 2.52. The summed E-state index contributed by atoms with van der Waals surface area (Å²) in [6.45, 7) is -2.15. The zero-order chi connectivity index (χ0) is 60.7. The molecule has 0 aliphatic carbocycles. The van der Waals surface area contributed by atoms with Gasteiger partial charge in [0, 0.05) is 20.3 Å². The number of nitrogens with one attached hydrogen (secondary N) is 2. The van der Waals surface area contributed by atoms with Crippen LogP contribution in [0.25, 0.3) is 22.3 Å². The van der Waals surface area contributed by atoms with Crippen LogP contribution >= 0.6 is 78.8 Å². The number of phosphoric acid groups is 6. The second-order valence-corrected chi connectivity index (χ2v) is 26.9. The minimum Gasteiger partial charge on any atom is -0.453 e. The number of nitrogen functional groups attached to an aromatic ring is 2. The lowest BCUT2D eigenvalue weighted by molar-refractivity contribution is -0.0558. The van der Waals surface area contributed by atoms with Gasteiger partial charge in [-0.3, -0.25) is 27.8 Å². The number of hydrogen-bond donors (Lipinski definition) is 14. The average molecular weight is 1410 g/mol. The fourth-order valence-electron chi connectivity index (χ4n) is 7.26. The maximum Gasteiger partial charge on any atom is 0.490 e. The van der Waals surface area contributed by atoms with Crippen molar-refractivity contribution in [3.8, 4) is 0 Å². The minimum absolute atomic E-state index is 0.00278. The van der Waals surface area contributed by atoms with Crippen molar-refractivity contribution in [3.05, 3.63) is 102 Å². The molecule has 82 heavy (non-hydrogen) atoms. The molecule has 0 saturated carbocycles. The van der Waals surface area contributed by atoms with Gasteiger partial charge in [0.1, 0.15) is 24.4 Å². The van der Waals surface area contributed by atoms with E-state index >= 15 is 0 Å². The van der Waals surface area contributed by atoms with Crippen LogP contribution in [0.1, 0.15) is 33.2 Å². The van der Waals surface area contributed by atoms with Gasteiger partial charge in [-0.15, -0.1) is 0 Å². The number of carbonyl (C=O) groups excluding carboxylic acids is 2. The lowest BCUT2D eigenvalue weighted by Crippen LogP contribution is -2.38. The molecule has 448 valence electrons. The second kappa shape index (κ2) is 25.1. The average Bonchev–Trinajstić information content (AvgIpc) is 3.16. The molecule has 16 N–H and O–H groups in total. The summed E-state index contributed by atoms with van der Waals surface area (Å²) >= 11 is 6.37. The summed E-state index contributed by atoms with van der Waals surface area (Å²) < 4.78 is 118. The fraction of sp³-hybridized carbons (Fsp3) is 0.294. The number of aromatic amines is 2. The first-order valence-corrected chi connectivity index (χ1v) is 32.1. The Hall–Kier alpha value is -4.70. The number of fused-ring (bicyclic) bond motifs is 2. The van der Waals surface area contributed by atoms with E-state index in [2.05, 4.69) is 88.1 Å². The molecule has 2 aliphatic rings. The number of carbonyl (C=O) groups is 2. The first-order chi connectivity index (χ1) is 37.9. The van der Waals surface area contributed by atoms with Crippen LogP contribution in [0.15, 0.2) is 80.2 Å². The molecule has 12 atom stereocenters. The lowest BCUT2D eigenvalue weighted by Gasteiger charge is -2.22. The first kappa shape index (κ1) is 64.9. The Morgan fingerprint density at radius 2 is 0.976 bits per heavy atom. The monoisotopic (exact) mass is 1410 g/mol. The van der Waals surface area contributed by atoms with Gasteiger partial charge in [-0.1, -0.05) is 31.9 Å². The highest BCUT2D eigenvalue weighted by atomic mass is 79.9. The summed E-state index contributed by atoms with van der Waals surface area (Å²) in [6.07, 6.45) is -8.83. The SMILES string of the molecule is Nc1ccc(Br)cc1C(=O)O[C@@H]1[C@H](O)[C@@H](COP(=O)(O)OP(=O)(O)OP(=O)(O)O)O[C@H]1n1cnc2c(=O)[nH]cnc21.Nc1ccc(Br)cc1C(=O)O[C@H]1[C@@H](O)[C@H](n2cnc3c(=O)[nH]cnc32)O[C@@H]1COP(=O)(O)OP(=O)(O)OP(=O)(O)O. The van der Waals surface area contributed by atoms with Crippen LogP contribution in [-0.4, -0.2) is 150 Å². The Balaban J connectivity index is 0.000000236. The number of nitrogens with two attached hydrogens (primary N) is 2. The zero-order valence-electron chi connectivity index (χ0n) is 39.7. The quantitative estimate of drug-likeness (QED) is 0.0282. The molecule has 2 fully saturated rings. The number of aromatic nitrogens is 8. The molecule has 2 aromatic carbocycles. The summed E-state index contributed by atoms with van der Waals surface area (Å²) in [7, 11) is -34.1. The van der Waals surface area contributed by atoms with Gasteiger partial charge in [0.15, 0.2) is 47.0 Å². The number of phosphoric ester groups is 2. The van der Waals surface area contributed by atoms with E-state index in [1.165, 1.54) is 24.3 Å². The van der Waals surface area contributed by atoms with Crippen LogP contribution in [0.3, 0.4) is 0 Å². The molecule has 0 bridgehead atoms. The van der Waals surface area contributed by atoms with Crippen molar-refractivity contribution in [2.24, 2.45) is 0 Å². The van der Waals surface area contributed by atoms with Crippen molar-refractivity contribution >= 4 is 124 Å². The minimum atomic E-state index is -5.83. The molecule has 0 amide bonds. The number of halogens is 2. The van der Waals surface area contributed by atoms with E-state index in [0.717, 1.165) is 34.4 Å². The largest absolute Gasteiger partial charge is 0.490 e. The Morgan fingerprint density at radius 3 is 1.41 bits per heavy atom. The number of benzene rings is 2. The number of hydrogen-bond acceptors (Lipinski definition) is 28. The van der Waals surface area contributed by atoms with Gasteiger partial charge in [-0.2, -0.15) is 17.2 Å². The molecule has 6 aromatic rings. The predicted molar refractivity (Wildman–Crippen MR) is 271 cm³/mol. The Labute approximate surface area is 469 Å². The van der Waals surface area contributed by atoms with Crippen LogP contribution in [0, 0.1) is 0 Å². The van der Waals surface area contributed by atoms with Crippen LogP contribution in [-0.2, 0) is 72.6 Å². The number of imidazole rings is 2. The number of ether oxygens (including phenoxy) is 4. The van der Waals surface area contributed by atoms with Crippen LogP contribution in [0.2, 0.25) is 0 Å². The molecule has 4 aromatic heterocycles. The number of esters is 2. The number of aliphatic hydroxyl groups is 2. The second-order valence-electron chi connectivity index (χ2n) is 16.2. The Morgan fingerprint density at radius 1 is 0.573 bits per heavy atom. The summed E-state index contributed by atoms with van der Waals surface area (Å²) in [4.78, 5) is 143. The number of anilines is 2. The summed E-state index contributed by atoms with van der Waals surface area (Å²) in [6, 6.07) is 8.55. The van der Waals surface area contributed by atoms with Gasteiger partial charge in [-0.05, 0) is 36.4 Å². The van der Waals surface area contributed by atoms with Gasteiger partial charge in [0.25, 0.3) is 11.1 Å². The highest BCUT2D eigenvalue weighted by Crippen LogP contribution is 2.67. The maximum atomic E-state index is 13.0. The van der Waals surface area contributed by atoms with E-state index in [4.69, 9.17) is 50.0 Å². The van der Waals surface area contributed by atoms with Crippen molar-refractivity contribution in [1.82, 2.24) is 39.0 Å².